The van der Waals surface area contributed by atoms with Gasteiger partial charge in [0.05, 0.1) is 0 Å². The Morgan fingerprint density at radius 2 is 1.93 bits per heavy atom. The second kappa shape index (κ2) is 3.36. The smallest absolute Gasteiger partial charge is 0.445 e. The lowest BCUT2D eigenvalue weighted by Crippen LogP contribution is -2.34. The van der Waals surface area contributed by atoms with Crippen LogP contribution in [0, 0.1) is 6.92 Å². The van der Waals surface area contributed by atoms with E-state index in [2.05, 4.69) is 0 Å². The number of rotatable bonds is 2. The quantitative estimate of drug-likeness (QED) is 0.718. The first kappa shape index (κ1) is 10.6. The number of carbonyl (C=O) groups is 1. The van der Waals surface area contributed by atoms with Gasteiger partial charge in [-0.25, -0.2) is 0 Å². The van der Waals surface area contributed by atoms with Crippen molar-refractivity contribution in [3.63, 3.8) is 0 Å². The summed E-state index contributed by atoms with van der Waals surface area (Å²) in [6.07, 6.45) is 0. The predicted octanol–water partition coefficient (Wildman–Crippen LogP) is 1.15. The Balaban J connectivity index is 3.20. The molecule has 14 heavy (non-hydrogen) atoms. The molecule has 0 bridgehead atoms. The van der Waals surface area contributed by atoms with E-state index >= 15 is 0 Å². The zero-order chi connectivity index (χ0) is 10.9. The first-order chi connectivity index (χ1) is 6.32. The molecule has 0 aromatic heterocycles. The molecule has 1 amide bonds. The Morgan fingerprint density at radius 1 is 1.36 bits per heavy atom. The molecule has 0 saturated carbocycles. The maximum Gasteiger partial charge on any atom is 0.509 e. The highest BCUT2D eigenvalue weighted by Gasteiger charge is 2.25. The lowest BCUT2D eigenvalue weighted by Gasteiger charge is -2.16. The summed E-state index contributed by atoms with van der Waals surface area (Å²) < 4.78 is 36.7. The number of aryl methyl sites for hydroxylation is 1. The van der Waals surface area contributed by atoms with Gasteiger partial charge in [-0.05, 0) is 12.5 Å². The molecule has 0 aliphatic heterocycles. The first-order valence-electron chi connectivity index (χ1n) is 3.92. The minimum atomic E-state index is -5.01. The van der Waals surface area contributed by atoms with Gasteiger partial charge in [0.25, 0.3) is 0 Å². The molecule has 0 spiro atoms. The van der Waals surface area contributed by atoms with Crippen LogP contribution >= 0.6 is 0 Å². The van der Waals surface area contributed by atoms with Crippen molar-refractivity contribution in [2.45, 2.75) is 6.92 Å². The van der Waals surface area contributed by atoms with Crippen LogP contribution < -0.4 is 11.2 Å². The second-order valence-corrected chi connectivity index (χ2v) is 3.01. The number of nitrogens with two attached hydrogens (primary N) is 1. The van der Waals surface area contributed by atoms with Crippen molar-refractivity contribution in [2.75, 3.05) is 0 Å². The average molecular weight is 202 g/mol. The highest BCUT2D eigenvalue weighted by Crippen LogP contribution is 2.12. The molecule has 0 radical (unpaired) electrons. The van der Waals surface area contributed by atoms with E-state index < -0.39 is 18.3 Å². The van der Waals surface area contributed by atoms with Gasteiger partial charge >= 0.3 is 6.98 Å². The topological polar surface area (TPSA) is 43.1 Å². The summed E-state index contributed by atoms with van der Waals surface area (Å²) in [5.41, 5.74) is 4.61. The molecule has 1 rings (SSSR count). The molecule has 6 heteroatoms. The molecule has 0 saturated heterocycles. The van der Waals surface area contributed by atoms with E-state index in [1.807, 2.05) is 0 Å². The van der Waals surface area contributed by atoms with Gasteiger partial charge in [-0.2, -0.15) is 0 Å². The van der Waals surface area contributed by atoms with Gasteiger partial charge in [0.15, 0.2) is 0 Å². The Morgan fingerprint density at radius 3 is 2.29 bits per heavy atom. The SMILES string of the molecule is Cc1cc([B-](F)(F)F)ccc1C(N)=O. The summed E-state index contributed by atoms with van der Waals surface area (Å²) in [6, 6.07) is 2.90. The summed E-state index contributed by atoms with van der Waals surface area (Å²) in [5, 5.41) is 0. The molecular formula is C8H8BF3NO-. The molecule has 0 atom stereocenters. The normalized spacial score (nSPS) is 11.4. The molecule has 0 unspecified atom stereocenters. The standard InChI is InChI=1S/C8H8BF3NO/c1-5-4-6(9(10,11)12)2-3-7(5)8(13)14/h2-4H,1H3,(H2,13,14)/q-1. The van der Waals surface area contributed by atoms with Crippen molar-refractivity contribution in [3.8, 4) is 0 Å². The number of hydrogen-bond acceptors (Lipinski definition) is 1. The van der Waals surface area contributed by atoms with Crippen LogP contribution in [0.4, 0.5) is 12.9 Å². The Kier molecular flexibility index (Phi) is 2.55. The van der Waals surface area contributed by atoms with Crippen LogP contribution in [0.2, 0.25) is 0 Å². The lowest BCUT2D eigenvalue weighted by atomic mass is 9.79. The molecule has 0 fully saturated rings. The number of hydrogen-bond donors (Lipinski definition) is 1. The third-order valence-corrected chi connectivity index (χ3v) is 1.89. The molecular weight excluding hydrogens is 194 g/mol. The van der Waals surface area contributed by atoms with Gasteiger partial charge in [-0.15, -0.1) is 5.46 Å². The third-order valence-electron chi connectivity index (χ3n) is 1.89. The Hall–Kier alpha value is -1.46. The molecule has 76 valence electrons. The van der Waals surface area contributed by atoms with Crippen LogP contribution in [-0.4, -0.2) is 12.9 Å². The fourth-order valence-corrected chi connectivity index (χ4v) is 1.17. The zero-order valence-corrected chi connectivity index (χ0v) is 7.43. The van der Waals surface area contributed by atoms with Gasteiger partial charge < -0.3 is 18.7 Å². The van der Waals surface area contributed by atoms with Crippen LogP contribution in [0.5, 0.6) is 0 Å². The summed E-state index contributed by atoms with van der Waals surface area (Å²) in [6.45, 7) is -3.59. The molecule has 0 heterocycles. The second-order valence-electron chi connectivity index (χ2n) is 3.01. The van der Waals surface area contributed by atoms with E-state index in [0.717, 1.165) is 18.2 Å². The Bertz CT molecular complexity index is 375. The number of primary amides is 1. The van der Waals surface area contributed by atoms with E-state index in [-0.39, 0.29) is 11.1 Å². The number of halogens is 3. The van der Waals surface area contributed by atoms with E-state index in [1.54, 1.807) is 0 Å². The maximum atomic E-state index is 12.2. The fraction of sp³-hybridized carbons (Fsp3) is 0.125. The van der Waals surface area contributed by atoms with E-state index in [1.165, 1.54) is 6.92 Å². The third kappa shape index (κ3) is 2.07. The van der Waals surface area contributed by atoms with E-state index in [4.69, 9.17) is 5.73 Å². The Labute approximate surface area is 79.0 Å². The first-order valence-corrected chi connectivity index (χ1v) is 3.92. The summed E-state index contributed by atoms with van der Waals surface area (Å²) in [4.78, 5) is 10.7. The molecule has 2 N–H and O–H groups in total. The van der Waals surface area contributed by atoms with Crippen molar-refractivity contribution < 1.29 is 17.7 Å². The molecule has 0 aliphatic carbocycles. The van der Waals surface area contributed by atoms with Crippen LogP contribution in [0.25, 0.3) is 0 Å². The van der Waals surface area contributed by atoms with Crippen molar-refractivity contribution in [3.05, 3.63) is 29.3 Å². The van der Waals surface area contributed by atoms with Crippen molar-refractivity contribution in [1.82, 2.24) is 0 Å². The predicted molar refractivity (Wildman–Crippen MR) is 48.4 cm³/mol. The molecule has 1 aromatic carbocycles. The number of amides is 1. The maximum absolute atomic E-state index is 12.2. The molecule has 2 nitrogen and oxygen atoms in total. The van der Waals surface area contributed by atoms with Crippen LogP contribution in [-0.2, 0) is 0 Å². The highest BCUT2D eigenvalue weighted by molar-refractivity contribution is 6.73. The molecule has 0 aliphatic rings. The summed E-state index contributed by atoms with van der Waals surface area (Å²) >= 11 is 0. The van der Waals surface area contributed by atoms with Gasteiger partial charge in [0.2, 0.25) is 5.91 Å². The van der Waals surface area contributed by atoms with Crippen molar-refractivity contribution in [1.29, 1.82) is 0 Å². The monoisotopic (exact) mass is 202 g/mol. The van der Waals surface area contributed by atoms with Gasteiger partial charge in [0.1, 0.15) is 0 Å². The van der Waals surface area contributed by atoms with Gasteiger partial charge in [0, 0.05) is 5.56 Å². The van der Waals surface area contributed by atoms with Gasteiger partial charge in [-0.1, -0.05) is 18.2 Å². The molecule has 1 aromatic rings. The van der Waals surface area contributed by atoms with Crippen molar-refractivity contribution in [2.24, 2.45) is 5.73 Å². The minimum absolute atomic E-state index is 0.119. The van der Waals surface area contributed by atoms with E-state index in [9.17, 15) is 17.7 Å². The van der Waals surface area contributed by atoms with E-state index in [0.29, 0.717) is 0 Å². The number of benzene rings is 1. The zero-order valence-electron chi connectivity index (χ0n) is 7.43. The minimum Gasteiger partial charge on any atom is -0.445 e. The summed E-state index contributed by atoms with van der Waals surface area (Å²) in [7, 11) is 0. The van der Waals surface area contributed by atoms with Crippen LogP contribution in [0.3, 0.4) is 0 Å². The summed E-state index contributed by atoms with van der Waals surface area (Å²) in [5.74, 6) is -0.719. The highest BCUT2D eigenvalue weighted by atomic mass is 19.4. The van der Waals surface area contributed by atoms with Crippen molar-refractivity contribution >= 4 is 18.3 Å². The lowest BCUT2D eigenvalue weighted by molar-refractivity contribution is 0.0999. The number of carbonyl (C=O) groups excluding carboxylic acids is 1. The van der Waals surface area contributed by atoms with Crippen LogP contribution in [0.15, 0.2) is 18.2 Å². The largest absolute Gasteiger partial charge is 0.509 e. The average Bonchev–Trinajstić information content (AvgIpc) is 2.01. The van der Waals surface area contributed by atoms with Gasteiger partial charge in [-0.3, -0.25) is 4.79 Å². The van der Waals surface area contributed by atoms with Crippen LogP contribution in [0.1, 0.15) is 15.9 Å². The fourth-order valence-electron chi connectivity index (χ4n) is 1.17.